The second-order valence-corrected chi connectivity index (χ2v) is 5.93. The minimum Gasteiger partial charge on any atom is -0.354 e. The molecule has 2 amide bonds. The molecule has 2 N–H and O–H groups in total. The van der Waals surface area contributed by atoms with E-state index in [0.717, 1.165) is 16.9 Å². The molecule has 124 valence electrons. The summed E-state index contributed by atoms with van der Waals surface area (Å²) in [6.07, 6.45) is 1.26. The van der Waals surface area contributed by atoms with Crippen molar-refractivity contribution in [2.24, 2.45) is 7.05 Å². The van der Waals surface area contributed by atoms with E-state index >= 15 is 0 Å². The van der Waals surface area contributed by atoms with Crippen LogP contribution in [0.25, 0.3) is 11.0 Å². The number of rotatable bonds is 7. The van der Waals surface area contributed by atoms with Crippen molar-refractivity contribution in [2.45, 2.75) is 45.7 Å². The van der Waals surface area contributed by atoms with Gasteiger partial charge in [-0.2, -0.15) is 0 Å². The summed E-state index contributed by atoms with van der Waals surface area (Å²) >= 11 is 0. The number of amides is 2. The van der Waals surface area contributed by atoms with Crippen LogP contribution >= 0.6 is 0 Å². The number of hydrogen-bond donors (Lipinski definition) is 2. The zero-order valence-electron chi connectivity index (χ0n) is 13.9. The fourth-order valence-electron chi connectivity index (χ4n) is 2.42. The molecule has 0 radical (unpaired) electrons. The quantitative estimate of drug-likeness (QED) is 0.819. The van der Waals surface area contributed by atoms with Crippen molar-refractivity contribution in [3.8, 4) is 0 Å². The number of nitrogens with one attached hydrogen (secondary N) is 2. The summed E-state index contributed by atoms with van der Waals surface area (Å²) in [5, 5.41) is 5.67. The molecule has 0 aliphatic carbocycles. The zero-order chi connectivity index (χ0) is 16.8. The third-order valence-electron chi connectivity index (χ3n) is 3.58. The number of benzene rings is 1. The van der Waals surface area contributed by atoms with Gasteiger partial charge in [0.05, 0.1) is 17.6 Å². The highest BCUT2D eigenvalue weighted by Crippen LogP contribution is 2.13. The van der Waals surface area contributed by atoms with Crippen LogP contribution in [0.15, 0.2) is 24.3 Å². The minimum absolute atomic E-state index is 0.0110. The van der Waals surface area contributed by atoms with Crippen LogP contribution in [0.2, 0.25) is 0 Å². The van der Waals surface area contributed by atoms with Gasteiger partial charge in [0.2, 0.25) is 11.8 Å². The van der Waals surface area contributed by atoms with Crippen LogP contribution in [0, 0.1) is 0 Å². The highest BCUT2D eigenvalue weighted by Gasteiger charge is 2.09. The lowest BCUT2D eigenvalue weighted by Gasteiger charge is -2.08. The van der Waals surface area contributed by atoms with E-state index < -0.39 is 0 Å². The molecule has 1 heterocycles. The Morgan fingerprint density at radius 2 is 1.87 bits per heavy atom. The van der Waals surface area contributed by atoms with E-state index in [0.29, 0.717) is 25.8 Å². The number of aryl methyl sites for hydroxylation is 1. The number of para-hydroxylation sites is 2. The summed E-state index contributed by atoms with van der Waals surface area (Å²) in [6.45, 7) is 4.23. The summed E-state index contributed by atoms with van der Waals surface area (Å²) in [4.78, 5) is 27.9. The average molecular weight is 316 g/mol. The molecule has 0 bridgehead atoms. The summed E-state index contributed by atoms with van der Waals surface area (Å²) in [7, 11) is 1.94. The van der Waals surface area contributed by atoms with Crippen LogP contribution in [0.3, 0.4) is 0 Å². The molecule has 6 nitrogen and oxygen atoms in total. The number of carbonyl (C=O) groups excluding carboxylic acids is 2. The monoisotopic (exact) mass is 316 g/mol. The molecule has 6 heteroatoms. The van der Waals surface area contributed by atoms with E-state index in [-0.39, 0.29) is 17.9 Å². The Bertz CT molecular complexity index is 691. The number of hydrogen-bond acceptors (Lipinski definition) is 3. The highest BCUT2D eigenvalue weighted by atomic mass is 16.2. The molecule has 1 aromatic carbocycles. The molecule has 0 fully saturated rings. The second kappa shape index (κ2) is 7.76. The van der Waals surface area contributed by atoms with E-state index in [1.54, 1.807) is 0 Å². The summed E-state index contributed by atoms with van der Waals surface area (Å²) in [5.74, 6) is 0.745. The van der Waals surface area contributed by atoms with Gasteiger partial charge in [-0.05, 0) is 32.4 Å². The Morgan fingerprint density at radius 3 is 2.57 bits per heavy atom. The van der Waals surface area contributed by atoms with Crippen molar-refractivity contribution in [3.63, 3.8) is 0 Å². The molecule has 0 aliphatic rings. The van der Waals surface area contributed by atoms with Gasteiger partial charge in [0.1, 0.15) is 5.82 Å². The molecule has 0 saturated heterocycles. The number of aromatic nitrogens is 2. The molecule has 2 rings (SSSR count). The van der Waals surface area contributed by atoms with Gasteiger partial charge in [0, 0.05) is 25.9 Å². The van der Waals surface area contributed by atoms with Crippen LogP contribution in [-0.2, 0) is 23.2 Å². The lowest BCUT2D eigenvalue weighted by atomic mass is 10.2. The van der Waals surface area contributed by atoms with Crippen LogP contribution in [-0.4, -0.2) is 27.4 Å². The smallest absolute Gasteiger partial charge is 0.220 e. The molecule has 23 heavy (non-hydrogen) atoms. The first-order valence-electron chi connectivity index (χ1n) is 7.93. The van der Waals surface area contributed by atoms with Gasteiger partial charge in [0.15, 0.2) is 0 Å². The topological polar surface area (TPSA) is 76.0 Å². The first kappa shape index (κ1) is 17.0. The number of carbonyl (C=O) groups is 2. The van der Waals surface area contributed by atoms with E-state index in [1.807, 2.05) is 49.7 Å². The zero-order valence-corrected chi connectivity index (χ0v) is 13.9. The van der Waals surface area contributed by atoms with Crippen molar-refractivity contribution >= 4 is 22.8 Å². The lowest BCUT2D eigenvalue weighted by Crippen LogP contribution is -2.30. The molecular formula is C17H24N4O2. The van der Waals surface area contributed by atoms with Crippen LogP contribution in [0.4, 0.5) is 0 Å². The highest BCUT2D eigenvalue weighted by molar-refractivity contribution is 5.79. The van der Waals surface area contributed by atoms with Crippen molar-refractivity contribution in [1.82, 2.24) is 20.2 Å². The van der Waals surface area contributed by atoms with Gasteiger partial charge < -0.3 is 15.2 Å². The Kier molecular flexibility index (Phi) is 5.73. The predicted octanol–water partition coefficient (Wildman–Crippen LogP) is 1.88. The van der Waals surface area contributed by atoms with Gasteiger partial charge in [0.25, 0.3) is 0 Å². The molecule has 0 saturated carbocycles. The molecule has 0 spiro atoms. The normalized spacial score (nSPS) is 11.0. The maximum atomic E-state index is 11.9. The van der Waals surface area contributed by atoms with Gasteiger partial charge in [-0.3, -0.25) is 9.59 Å². The maximum absolute atomic E-state index is 11.9. The lowest BCUT2D eigenvalue weighted by molar-refractivity contribution is -0.122. The molecular weight excluding hydrogens is 292 g/mol. The van der Waals surface area contributed by atoms with Crippen LogP contribution in [0.1, 0.15) is 38.9 Å². The Labute approximate surface area is 136 Å². The molecule has 0 unspecified atom stereocenters. The maximum Gasteiger partial charge on any atom is 0.220 e. The third-order valence-corrected chi connectivity index (χ3v) is 3.58. The standard InChI is InChI=1S/C17H24N4O2/c1-12(2)19-17(23)10-6-9-16(22)18-11-15-20-13-7-4-5-8-14(13)21(15)3/h4-5,7-8,12H,6,9-11H2,1-3H3,(H,18,22)(H,19,23). The van der Waals surface area contributed by atoms with Gasteiger partial charge in [-0.15, -0.1) is 0 Å². The largest absolute Gasteiger partial charge is 0.354 e. The second-order valence-electron chi connectivity index (χ2n) is 5.93. The fourth-order valence-corrected chi connectivity index (χ4v) is 2.42. The Balaban J connectivity index is 1.77. The SMILES string of the molecule is CC(C)NC(=O)CCCC(=O)NCc1nc2ccccc2n1C. The van der Waals surface area contributed by atoms with Gasteiger partial charge >= 0.3 is 0 Å². The first-order chi connectivity index (χ1) is 11.0. The minimum atomic E-state index is -0.0607. The summed E-state index contributed by atoms with van der Waals surface area (Å²) in [5.41, 5.74) is 1.96. The summed E-state index contributed by atoms with van der Waals surface area (Å²) < 4.78 is 1.98. The molecule has 1 aromatic heterocycles. The van der Waals surface area contributed by atoms with E-state index in [2.05, 4.69) is 15.6 Å². The Hall–Kier alpha value is -2.37. The number of nitrogens with zero attached hydrogens (tertiary/aromatic N) is 2. The van der Waals surface area contributed by atoms with Crippen molar-refractivity contribution in [1.29, 1.82) is 0 Å². The number of imidazole rings is 1. The summed E-state index contributed by atoms with van der Waals surface area (Å²) in [6, 6.07) is 8.00. The average Bonchev–Trinajstić information content (AvgIpc) is 2.81. The number of fused-ring (bicyclic) bond motifs is 1. The molecule has 0 aliphatic heterocycles. The van der Waals surface area contributed by atoms with Crippen LogP contribution < -0.4 is 10.6 Å². The van der Waals surface area contributed by atoms with E-state index in [4.69, 9.17) is 0 Å². The van der Waals surface area contributed by atoms with Crippen molar-refractivity contribution in [2.75, 3.05) is 0 Å². The fraction of sp³-hybridized carbons (Fsp3) is 0.471. The predicted molar refractivity (Wildman–Crippen MR) is 89.7 cm³/mol. The van der Waals surface area contributed by atoms with Crippen molar-refractivity contribution < 1.29 is 9.59 Å². The van der Waals surface area contributed by atoms with Crippen LogP contribution in [0.5, 0.6) is 0 Å². The van der Waals surface area contributed by atoms with Crippen molar-refractivity contribution in [3.05, 3.63) is 30.1 Å². The molecule has 0 atom stereocenters. The van der Waals surface area contributed by atoms with Gasteiger partial charge in [-0.25, -0.2) is 4.98 Å². The Morgan fingerprint density at radius 1 is 1.17 bits per heavy atom. The van der Waals surface area contributed by atoms with Gasteiger partial charge in [-0.1, -0.05) is 12.1 Å². The third kappa shape index (κ3) is 4.81. The first-order valence-corrected chi connectivity index (χ1v) is 7.93. The van der Waals surface area contributed by atoms with E-state index in [9.17, 15) is 9.59 Å². The van der Waals surface area contributed by atoms with E-state index in [1.165, 1.54) is 0 Å². The molecule has 2 aromatic rings.